The second-order valence-corrected chi connectivity index (χ2v) is 14.0. The first-order chi connectivity index (χ1) is 18.4. The molecule has 0 saturated carbocycles. The quantitative estimate of drug-likeness (QED) is 0.0638. The summed E-state index contributed by atoms with van der Waals surface area (Å²) in [4.78, 5) is 0. The van der Waals surface area contributed by atoms with Gasteiger partial charge < -0.3 is 0 Å². The van der Waals surface area contributed by atoms with Crippen LogP contribution in [0.4, 0.5) is 0 Å². The maximum absolute atomic E-state index is 7.50. The number of hydrogen-bond acceptors (Lipinski definition) is 0. The van der Waals surface area contributed by atoms with Crippen molar-refractivity contribution in [3.8, 4) is 0 Å². The fourth-order valence-corrected chi connectivity index (χ4v) is 11.3. The van der Waals surface area contributed by atoms with E-state index in [0.29, 0.717) is 0 Å². The zero-order chi connectivity index (χ0) is 27.1. The van der Waals surface area contributed by atoms with E-state index in [-0.39, 0.29) is 7.92 Å². The van der Waals surface area contributed by atoms with Crippen LogP contribution in [0.3, 0.4) is 0 Å². The predicted octanol–water partition coefficient (Wildman–Crippen LogP) is 6.27. The molecule has 1 atom stereocenters. The summed E-state index contributed by atoms with van der Waals surface area (Å²) >= 11 is 1.82. The monoisotopic (exact) mass is 652 g/mol. The van der Waals surface area contributed by atoms with E-state index in [1.165, 1.54) is 35.3 Å². The first kappa shape index (κ1) is 33.6. The van der Waals surface area contributed by atoms with Crippen LogP contribution in [0.5, 0.6) is 0 Å². The van der Waals surface area contributed by atoms with E-state index in [1.807, 2.05) is 17.3 Å². The number of benzene rings is 4. The Morgan fingerprint density at radius 1 is 0.595 bits per heavy atom. The minimum atomic E-state index is -0.691. The molecule has 0 amide bonds. The molecule has 0 fully saturated rings. The van der Waals surface area contributed by atoms with Crippen LogP contribution in [0.25, 0.3) is 0 Å². The fraction of sp³-hybridized carbons (Fsp3) is 0.133. The summed E-state index contributed by atoms with van der Waals surface area (Å²) in [5.74, 6) is 0. The zero-order valence-electron chi connectivity index (χ0n) is 20.4. The molecule has 0 bridgehead atoms. The Bertz CT molecular complexity index is 945. The molecule has 4 aromatic rings. The molecular formula is C30H30ClO2P3Ru+. The topological polar surface area (TPSA) is 39.8 Å². The van der Waals surface area contributed by atoms with Gasteiger partial charge >= 0.3 is 49.6 Å². The van der Waals surface area contributed by atoms with Gasteiger partial charge in [0.15, 0.2) is 0 Å². The third kappa shape index (κ3) is 12.3. The van der Waals surface area contributed by atoms with E-state index in [4.69, 9.17) is 9.30 Å². The van der Waals surface area contributed by atoms with Crippen LogP contribution < -0.4 is 21.2 Å². The SMILES string of the molecule is [C-]#[O+].[C-]#[O+].[Cl][Ru].c1ccc(P(CCPCC[PH+](c2ccccc2)c2ccccc2)c2ccccc2)cc1. The zero-order valence-corrected chi connectivity index (χ0v) is 25.8. The number of halogens is 1. The molecule has 0 aromatic heterocycles. The molecular weight excluding hydrogens is 622 g/mol. The summed E-state index contributed by atoms with van der Waals surface area (Å²) in [6.07, 6.45) is 5.28. The van der Waals surface area contributed by atoms with E-state index in [9.17, 15) is 0 Å². The maximum atomic E-state index is 7.50. The van der Waals surface area contributed by atoms with Gasteiger partial charge in [0.25, 0.3) is 0 Å². The van der Waals surface area contributed by atoms with Gasteiger partial charge in [0.05, 0.1) is 24.7 Å². The van der Waals surface area contributed by atoms with Crippen molar-refractivity contribution in [2.75, 3.05) is 24.6 Å². The van der Waals surface area contributed by atoms with E-state index >= 15 is 0 Å². The third-order valence-electron chi connectivity index (χ3n) is 5.44. The molecule has 37 heavy (non-hydrogen) atoms. The molecule has 0 aliphatic rings. The standard InChI is InChI=1S/C28H29P3.2CO.ClH.Ru/c1-5-13-25(14-6-1)30(26-15-7-2-8-16-26)23-21-29-22-24-31(27-17-9-3-10-18-27)28-19-11-4-12-20-28;2*1-2;;/h1-20,29H,21-24H2;;;1H;/q;;;;+1. The van der Waals surface area contributed by atoms with Crippen LogP contribution in [-0.4, -0.2) is 24.6 Å². The van der Waals surface area contributed by atoms with Crippen molar-refractivity contribution in [3.05, 3.63) is 135 Å². The largest absolute Gasteiger partial charge is 0.118 e. The van der Waals surface area contributed by atoms with Gasteiger partial charge in [0.1, 0.15) is 0 Å². The van der Waals surface area contributed by atoms with Crippen molar-refractivity contribution in [1.82, 2.24) is 0 Å². The number of hydrogen-bond donors (Lipinski definition) is 0. The van der Waals surface area contributed by atoms with Gasteiger partial charge in [-0.1, -0.05) is 97.1 Å². The van der Waals surface area contributed by atoms with Gasteiger partial charge in [-0.05, 0) is 61.3 Å². The van der Waals surface area contributed by atoms with Gasteiger partial charge in [0.2, 0.25) is 0 Å². The molecule has 4 aromatic carbocycles. The summed E-state index contributed by atoms with van der Waals surface area (Å²) in [5, 5.41) is 6.09. The summed E-state index contributed by atoms with van der Waals surface area (Å²) in [5.41, 5.74) is 0. The van der Waals surface area contributed by atoms with Crippen molar-refractivity contribution < 1.29 is 26.6 Å². The van der Waals surface area contributed by atoms with Crippen LogP contribution in [0.2, 0.25) is 0 Å². The average molecular weight is 652 g/mol. The van der Waals surface area contributed by atoms with Gasteiger partial charge in [-0.2, -0.15) is 0 Å². The summed E-state index contributed by atoms with van der Waals surface area (Å²) < 4.78 is 15.0. The van der Waals surface area contributed by atoms with Gasteiger partial charge in [-0.15, -0.1) is 8.58 Å². The molecule has 0 N–H and O–H groups in total. The molecule has 7 heteroatoms. The van der Waals surface area contributed by atoms with Crippen molar-refractivity contribution in [3.63, 3.8) is 0 Å². The molecule has 1 unspecified atom stereocenters. The normalized spacial score (nSPS) is 9.95. The summed E-state index contributed by atoms with van der Waals surface area (Å²) in [6, 6.07) is 44.6. The van der Waals surface area contributed by atoms with Gasteiger partial charge in [-0.25, -0.2) is 0 Å². The fourth-order valence-electron chi connectivity index (χ4n) is 3.89. The van der Waals surface area contributed by atoms with Crippen LogP contribution in [0, 0.1) is 13.3 Å². The second-order valence-electron chi connectivity index (χ2n) is 7.53. The molecule has 2 nitrogen and oxygen atoms in total. The van der Waals surface area contributed by atoms with Gasteiger partial charge in [-0.3, -0.25) is 0 Å². The Balaban J connectivity index is 0.00000106. The second kappa shape index (κ2) is 22.5. The van der Waals surface area contributed by atoms with Crippen LogP contribution >= 0.6 is 34.1 Å². The molecule has 4 rings (SSSR count). The van der Waals surface area contributed by atoms with E-state index in [2.05, 4.69) is 144 Å². The van der Waals surface area contributed by atoms with Crippen LogP contribution in [0.15, 0.2) is 121 Å². The van der Waals surface area contributed by atoms with E-state index in [0.717, 1.165) is 8.58 Å². The Labute approximate surface area is 240 Å². The summed E-state index contributed by atoms with van der Waals surface area (Å²) in [7, 11) is 4.66. The molecule has 0 saturated heterocycles. The van der Waals surface area contributed by atoms with Crippen molar-refractivity contribution in [2.24, 2.45) is 0 Å². The minimum absolute atomic E-state index is 0.255. The molecule has 0 radical (unpaired) electrons. The minimum Gasteiger partial charge on any atom is -0.118 e. The van der Waals surface area contributed by atoms with Gasteiger partial charge in [0, 0.05) is 0 Å². The molecule has 0 spiro atoms. The van der Waals surface area contributed by atoms with E-state index in [1.54, 1.807) is 10.6 Å². The Morgan fingerprint density at radius 2 is 0.946 bits per heavy atom. The Kier molecular flexibility index (Phi) is 20.5. The van der Waals surface area contributed by atoms with Crippen LogP contribution in [0.1, 0.15) is 0 Å². The summed E-state index contributed by atoms with van der Waals surface area (Å²) in [6.45, 7) is 9.00. The number of rotatable bonds is 10. The molecule has 0 aliphatic heterocycles. The van der Waals surface area contributed by atoms with Crippen LogP contribution in [-0.2, 0) is 26.6 Å². The van der Waals surface area contributed by atoms with E-state index < -0.39 is 7.92 Å². The molecule has 0 aliphatic carbocycles. The predicted molar refractivity (Wildman–Crippen MR) is 161 cm³/mol. The average Bonchev–Trinajstić information content (AvgIpc) is 3.02. The Hall–Kier alpha value is -1.44. The van der Waals surface area contributed by atoms with Crippen molar-refractivity contribution in [1.29, 1.82) is 0 Å². The first-order valence-electron chi connectivity index (χ1n) is 11.5. The smallest absolute Gasteiger partial charge is 0.0967 e. The van der Waals surface area contributed by atoms with Crippen molar-refractivity contribution in [2.45, 2.75) is 0 Å². The first-order valence-corrected chi connectivity index (χ1v) is 18.4. The molecule has 191 valence electrons. The third-order valence-corrected chi connectivity index (χ3v) is 12.9. The Morgan fingerprint density at radius 3 is 1.32 bits per heavy atom. The van der Waals surface area contributed by atoms with Crippen molar-refractivity contribution >= 4 is 55.3 Å². The molecule has 0 heterocycles. The maximum Gasteiger partial charge on any atom is 0.0967 e.